The number of fused-ring (bicyclic) bond motifs is 2. The van der Waals surface area contributed by atoms with Crippen molar-refractivity contribution in [2.45, 2.75) is 0 Å². The average Bonchev–Trinajstić information content (AvgIpc) is 2.35. The van der Waals surface area contributed by atoms with Gasteiger partial charge in [0.15, 0.2) is 0 Å². The van der Waals surface area contributed by atoms with Crippen molar-refractivity contribution in [3.63, 3.8) is 0 Å². The third-order valence-electron chi connectivity index (χ3n) is 2.86. The fraction of sp³-hybridized carbons (Fsp3) is 0. The van der Waals surface area contributed by atoms with E-state index in [-0.39, 0.29) is 0 Å². The molecular weight excluding hydrogens is 196 g/mol. The molecule has 3 aromatic carbocycles. The molecule has 0 aliphatic carbocycles. The topological polar surface area (TPSA) is 17.1 Å². The van der Waals surface area contributed by atoms with E-state index in [0.717, 1.165) is 17.2 Å². The highest BCUT2D eigenvalue weighted by Gasteiger charge is 1.98. The van der Waals surface area contributed by atoms with Crippen LogP contribution in [0, 0.1) is 0 Å². The molecule has 0 unspecified atom stereocenters. The zero-order valence-electron chi connectivity index (χ0n) is 8.68. The molecule has 0 aliphatic heterocycles. The molecule has 0 radical (unpaired) electrons. The third-order valence-corrected chi connectivity index (χ3v) is 2.86. The van der Waals surface area contributed by atoms with Crippen LogP contribution in [0.5, 0.6) is 0 Å². The minimum absolute atomic E-state index is 0.725. The van der Waals surface area contributed by atoms with E-state index in [1.54, 1.807) is 0 Å². The Bertz CT molecular complexity index is 683. The van der Waals surface area contributed by atoms with Gasteiger partial charge in [-0.15, -0.1) is 0 Å². The SMILES string of the molecule is O=Cc1ccc2cc3ccccc3cc2c1. The van der Waals surface area contributed by atoms with Gasteiger partial charge in [-0.05, 0) is 39.7 Å². The normalized spacial score (nSPS) is 10.8. The molecule has 1 heteroatoms. The lowest BCUT2D eigenvalue weighted by Gasteiger charge is -2.02. The summed E-state index contributed by atoms with van der Waals surface area (Å²) in [6.45, 7) is 0. The van der Waals surface area contributed by atoms with Crippen LogP contribution in [-0.4, -0.2) is 6.29 Å². The smallest absolute Gasteiger partial charge is 0.150 e. The summed E-state index contributed by atoms with van der Waals surface area (Å²) in [7, 11) is 0. The molecular formula is C15H10O. The fourth-order valence-corrected chi connectivity index (χ4v) is 2.03. The Hall–Kier alpha value is -2.15. The second-order valence-electron chi connectivity index (χ2n) is 3.92. The molecule has 3 aromatic rings. The Morgan fingerprint density at radius 2 is 1.31 bits per heavy atom. The van der Waals surface area contributed by atoms with Crippen molar-refractivity contribution in [3.8, 4) is 0 Å². The van der Waals surface area contributed by atoms with E-state index >= 15 is 0 Å². The first-order chi connectivity index (χ1) is 7.86. The highest BCUT2D eigenvalue weighted by atomic mass is 16.1. The van der Waals surface area contributed by atoms with Gasteiger partial charge >= 0.3 is 0 Å². The second kappa shape index (κ2) is 3.46. The first-order valence-electron chi connectivity index (χ1n) is 5.24. The highest BCUT2D eigenvalue weighted by Crippen LogP contribution is 2.23. The van der Waals surface area contributed by atoms with Crippen molar-refractivity contribution in [2.75, 3.05) is 0 Å². The van der Waals surface area contributed by atoms with Gasteiger partial charge in [-0.1, -0.05) is 36.4 Å². The van der Waals surface area contributed by atoms with Crippen LogP contribution in [0.1, 0.15) is 10.4 Å². The summed E-state index contributed by atoms with van der Waals surface area (Å²) in [5.41, 5.74) is 0.725. The second-order valence-corrected chi connectivity index (χ2v) is 3.92. The summed E-state index contributed by atoms with van der Waals surface area (Å²) in [4.78, 5) is 10.7. The molecule has 16 heavy (non-hydrogen) atoms. The van der Waals surface area contributed by atoms with Crippen LogP contribution in [0.4, 0.5) is 0 Å². The lowest BCUT2D eigenvalue weighted by atomic mass is 10.0. The third kappa shape index (κ3) is 1.38. The molecule has 3 rings (SSSR count). The van der Waals surface area contributed by atoms with Crippen molar-refractivity contribution in [1.29, 1.82) is 0 Å². The molecule has 0 bridgehead atoms. The van der Waals surface area contributed by atoms with E-state index in [0.29, 0.717) is 0 Å². The predicted molar refractivity (Wildman–Crippen MR) is 66.8 cm³/mol. The van der Waals surface area contributed by atoms with Gasteiger partial charge in [0.05, 0.1) is 0 Å². The monoisotopic (exact) mass is 206 g/mol. The van der Waals surface area contributed by atoms with Crippen molar-refractivity contribution < 1.29 is 4.79 Å². The minimum atomic E-state index is 0.725. The summed E-state index contributed by atoms with van der Waals surface area (Å²) < 4.78 is 0. The summed E-state index contributed by atoms with van der Waals surface area (Å²) >= 11 is 0. The maximum atomic E-state index is 10.7. The fourth-order valence-electron chi connectivity index (χ4n) is 2.03. The largest absolute Gasteiger partial charge is 0.298 e. The average molecular weight is 206 g/mol. The van der Waals surface area contributed by atoms with Crippen LogP contribution < -0.4 is 0 Å². The molecule has 0 spiro atoms. The minimum Gasteiger partial charge on any atom is -0.298 e. The van der Waals surface area contributed by atoms with Gasteiger partial charge in [0.1, 0.15) is 6.29 Å². The van der Waals surface area contributed by atoms with Gasteiger partial charge in [-0.25, -0.2) is 0 Å². The number of hydrogen-bond donors (Lipinski definition) is 0. The number of rotatable bonds is 1. The van der Waals surface area contributed by atoms with Crippen LogP contribution in [0.15, 0.2) is 54.6 Å². The summed E-state index contributed by atoms with van der Waals surface area (Å²) in [5.74, 6) is 0. The van der Waals surface area contributed by atoms with Gasteiger partial charge in [-0.2, -0.15) is 0 Å². The highest BCUT2D eigenvalue weighted by molar-refractivity contribution is 5.99. The Balaban J connectivity index is 2.41. The summed E-state index contributed by atoms with van der Waals surface area (Å²) in [6.07, 6.45) is 0.884. The Morgan fingerprint density at radius 3 is 2.00 bits per heavy atom. The molecule has 0 aromatic heterocycles. The van der Waals surface area contributed by atoms with Crippen LogP contribution in [-0.2, 0) is 0 Å². The summed E-state index contributed by atoms with van der Waals surface area (Å²) in [6, 6.07) is 18.3. The van der Waals surface area contributed by atoms with E-state index in [2.05, 4.69) is 24.3 Å². The predicted octanol–water partition coefficient (Wildman–Crippen LogP) is 3.81. The molecule has 0 saturated heterocycles. The molecule has 0 N–H and O–H groups in total. The van der Waals surface area contributed by atoms with Crippen molar-refractivity contribution >= 4 is 27.8 Å². The van der Waals surface area contributed by atoms with E-state index < -0.39 is 0 Å². The first kappa shape index (κ1) is 9.10. The van der Waals surface area contributed by atoms with Gasteiger partial charge in [0.2, 0.25) is 0 Å². The zero-order valence-corrected chi connectivity index (χ0v) is 8.68. The van der Waals surface area contributed by atoms with Crippen molar-refractivity contribution in [1.82, 2.24) is 0 Å². The van der Waals surface area contributed by atoms with E-state index in [4.69, 9.17) is 0 Å². The number of carbonyl (C=O) groups excluding carboxylic acids is 1. The molecule has 0 saturated carbocycles. The maximum Gasteiger partial charge on any atom is 0.150 e. The standard InChI is InChI=1S/C15H10O/c16-10-11-5-6-14-8-12-3-1-2-4-13(12)9-15(14)7-11/h1-10H. The van der Waals surface area contributed by atoms with Crippen LogP contribution in [0.25, 0.3) is 21.5 Å². The first-order valence-corrected chi connectivity index (χ1v) is 5.24. The van der Waals surface area contributed by atoms with Gasteiger partial charge < -0.3 is 0 Å². The van der Waals surface area contributed by atoms with Crippen LogP contribution >= 0.6 is 0 Å². The van der Waals surface area contributed by atoms with Crippen LogP contribution in [0.2, 0.25) is 0 Å². The molecule has 1 nitrogen and oxygen atoms in total. The molecule has 0 aliphatic rings. The molecule has 76 valence electrons. The molecule has 0 amide bonds. The lowest BCUT2D eigenvalue weighted by molar-refractivity contribution is 0.112. The number of aldehydes is 1. The Kier molecular flexibility index (Phi) is 1.97. The number of benzene rings is 3. The quantitative estimate of drug-likeness (QED) is 0.437. The summed E-state index contributed by atoms with van der Waals surface area (Å²) in [5, 5.41) is 4.72. The Morgan fingerprint density at radius 1 is 0.688 bits per heavy atom. The van der Waals surface area contributed by atoms with Crippen LogP contribution in [0.3, 0.4) is 0 Å². The molecule has 0 fully saturated rings. The van der Waals surface area contributed by atoms with E-state index in [9.17, 15) is 4.79 Å². The van der Waals surface area contributed by atoms with Gasteiger partial charge in [-0.3, -0.25) is 4.79 Å². The van der Waals surface area contributed by atoms with Gasteiger partial charge in [0.25, 0.3) is 0 Å². The van der Waals surface area contributed by atoms with Crippen molar-refractivity contribution in [3.05, 3.63) is 60.2 Å². The lowest BCUT2D eigenvalue weighted by Crippen LogP contribution is -1.81. The zero-order chi connectivity index (χ0) is 11.0. The number of hydrogen-bond acceptors (Lipinski definition) is 1. The van der Waals surface area contributed by atoms with Gasteiger partial charge in [0, 0.05) is 5.56 Å². The van der Waals surface area contributed by atoms with E-state index in [1.165, 1.54) is 16.2 Å². The van der Waals surface area contributed by atoms with E-state index in [1.807, 2.05) is 30.3 Å². The Labute approximate surface area is 93.3 Å². The maximum absolute atomic E-state index is 10.7. The number of carbonyl (C=O) groups is 1. The molecule has 0 atom stereocenters. The van der Waals surface area contributed by atoms with Crippen molar-refractivity contribution in [2.24, 2.45) is 0 Å². The molecule has 0 heterocycles.